The van der Waals surface area contributed by atoms with Crippen LogP contribution in [0, 0.1) is 10.1 Å². The largest absolute Gasteiger partial charge is 0.322 e. The zero-order valence-electron chi connectivity index (χ0n) is 13.5. The maximum atomic E-state index is 12.5. The highest BCUT2D eigenvalue weighted by Crippen LogP contribution is 2.33. The molecule has 0 unspecified atom stereocenters. The van der Waals surface area contributed by atoms with Crippen molar-refractivity contribution in [2.75, 3.05) is 12.4 Å². The van der Waals surface area contributed by atoms with Gasteiger partial charge in [0.1, 0.15) is 11.9 Å². The Morgan fingerprint density at radius 2 is 2.29 bits per heavy atom. The molecule has 2 aromatic heterocycles. The van der Waals surface area contributed by atoms with Gasteiger partial charge in [-0.05, 0) is 25.3 Å². The highest BCUT2D eigenvalue weighted by Gasteiger charge is 2.29. The number of hydrogen-bond donors (Lipinski definition) is 1. The molecule has 126 valence electrons. The van der Waals surface area contributed by atoms with Gasteiger partial charge in [-0.3, -0.25) is 19.8 Å². The predicted molar refractivity (Wildman–Crippen MR) is 86.6 cm³/mol. The number of hydrogen-bond acceptors (Lipinski definition) is 5. The topological polar surface area (TPSA) is 106 Å². The summed E-state index contributed by atoms with van der Waals surface area (Å²) >= 11 is 0. The van der Waals surface area contributed by atoms with Crippen molar-refractivity contribution in [2.24, 2.45) is 7.05 Å². The van der Waals surface area contributed by atoms with Crippen LogP contribution in [-0.2, 0) is 13.5 Å². The van der Waals surface area contributed by atoms with Gasteiger partial charge in [0.2, 0.25) is 0 Å². The fraction of sp³-hybridized carbons (Fsp3) is 0.400. The van der Waals surface area contributed by atoms with Crippen molar-refractivity contribution < 1.29 is 9.72 Å². The number of fused-ring (bicyclic) bond motifs is 1. The molecule has 24 heavy (non-hydrogen) atoms. The van der Waals surface area contributed by atoms with Gasteiger partial charge in [-0.25, -0.2) is 4.79 Å². The Bertz CT molecular complexity index is 787. The van der Waals surface area contributed by atoms with Gasteiger partial charge in [-0.2, -0.15) is 5.10 Å². The van der Waals surface area contributed by atoms with Crippen molar-refractivity contribution in [3.8, 4) is 0 Å². The molecule has 3 rings (SSSR count). The van der Waals surface area contributed by atoms with Crippen LogP contribution >= 0.6 is 0 Å². The molecule has 0 saturated heterocycles. The summed E-state index contributed by atoms with van der Waals surface area (Å²) in [4.78, 5) is 28.3. The first kappa shape index (κ1) is 15.9. The third kappa shape index (κ3) is 2.80. The molecule has 0 spiro atoms. The monoisotopic (exact) mass is 330 g/mol. The number of aromatic nitrogens is 3. The van der Waals surface area contributed by atoms with Crippen LogP contribution in [0.4, 0.5) is 16.2 Å². The van der Waals surface area contributed by atoms with Crippen molar-refractivity contribution in [2.45, 2.75) is 25.3 Å². The van der Waals surface area contributed by atoms with E-state index in [4.69, 9.17) is 0 Å². The van der Waals surface area contributed by atoms with Crippen LogP contribution in [0.15, 0.2) is 24.7 Å². The maximum Gasteiger partial charge on any atom is 0.322 e. The number of urea groups is 1. The Morgan fingerprint density at radius 3 is 3.04 bits per heavy atom. The molecule has 1 aliphatic rings. The summed E-state index contributed by atoms with van der Waals surface area (Å²) in [6.45, 7) is 0. The van der Waals surface area contributed by atoms with Crippen LogP contribution in [0.5, 0.6) is 0 Å². The first-order valence-corrected chi connectivity index (χ1v) is 7.62. The number of rotatable bonds is 3. The third-order valence-corrected chi connectivity index (χ3v) is 4.37. The van der Waals surface area contributed by atoms with Crippen molar-refractivity contribution >= 4 is 17.4 Å². The van der Waals surface area contributed by atoms with Crippen molar-refractivity contribution in [1.29, 1.82) is 0 Å². The van der Waals surface area contributed by atoms with Crippen LogP contribution in [0.3, 0.4) is 0 Å². The van der Waals surface area contributed by atoms with E-state index >= 15 is 0 Å². The lowest BCUT2D eigenvalue weighted by molar-refractivity contribution is -0.384. The highest BCUT2D eigenvalue weighted by atomic mass is 16.6. The van der Waals surface area contributed by atoms with E-state index in [0.29, 0.717) is 0 Å². The van der Waals surface area contributed by atoms with Gasteiger partial charge in [-0.1, -0.05) is 0 Å². The molecule has 2 aromatic rings. The lowest BCUT2D eigenvalue weighted by Gasteiger charge is -2.31. The molecule has 0 fully saturated rings. The Labute approximate surface area is 138 Å². The summed E-state index contributed by atoms with van der Waals surface area (Å²) in [5.41, 5.74) is 2.06. The van der Waals surface area contributed by atoms with Crippen LogP contribution in [0.25, 0.3) is 0 Å². The average molecular weight is 330 g/mol. The van der Waals surface area contributed by atoms with E-state index in [0.717, 1.165) is 36.7 Å². The minimum Gasteiger partial charge on any atom is -0.320 e. The predicted octanol–water partition coefficient (Wildman–Crippen LogP) is 2.26. The zero-order chi connectivity index (χ0) is 17.3. The number of nitrogens with one attached hydrogen (secondary N) is 1. The van der Waals surface area contributed by atoms with Crippen molar-refractivity contribution in [3.63, 3.8) is 0 Å². The molecule has 0 saturated carbocycles. The van der Waals surface area contributed by atoms with Crippen LogP contribution < -0.4 is 5.32 Å². The Hall–Kier alpha value is -2.97. The summed E-state index contributed by atoms with van der Waals surface area (Å²) in [7, 11) is 3.58. The molecule has 2 heterocycles. The fourth-order valence-electron chi connectivity index (χ4n) is 3.07. The first-order chi connectivity index (χ1) is 11.5. The Kier molecular flexibility index (Phi) is 4.15. The minimum absolute atomic E-state index is 0.0941. The number of carbonyl (C=O) groups is 1. The van der Waals surface area contributed by atoms with E-state index in [-0.39, 0.29) is 17.4 Å². The quantitative estimate of drug-likeness (QED) is 0.686. The zero-order valence-corrected chi connectivity index (χ0v) is 13.5. The molecular weight excluding hydrogens is 312 g/mol. The molecule has 0 radical (unpaired) electrons. The normalized spacial score (nSPS) is 16.3. The van der Waals surface area contributed by atoms with Crippen molar-refractivity contribution in [1.82, 2.24) is 19.7 Å². The Balaban J connectivity index is 1.80. The molecule has 0 aromatic carbocycles. The summed E-state index contributed by atoms with van der Waals surface area (Å²) < 4.78 is 1.83. The smallest absolute Gasteiger partial charge is 0.320 e. The van der Waals surface area contributed by atoms with Crippen LogP contribution in [0.1, 0.15) is 30.1 Å². The molecule has 9 heteroatoms. The van der Waals surface area contributed by atoms with Gasteiger partial charge in [0, 0.05) is 31.5 Å². The number of carbonyl (C=O) groups excluding carboxylic acids is 1. The third-order valence-electron chi connectivity index (χ3n) is 4.37. The van der Waals surface area contributed by atoms with E-state index in [1.807, 2.05) is 11.7 Å². The lowest BCUT2D eigenvalue weighted by Crippen LogP contribution is -2.36. The second-order valence-corrected chi connectivity index (χ2v) is 5.77. The van der Waals surface area contributed by atoms with Crippen LogP contribution in [-0.4, -0.2) is 37.7 Å². The molecule has 1 aliphatic carbocycles. The second kappa shape index (κ2) is 6.26. The van der Waals surface area contributed by atoms with Gasteiger partial charge in [0.25, 0.3) is 0 Å². The van der Waals surface area contributed by atoms with Gasteiger partial charge in [-0.15, -0.1) is 0 Å². The summed E-state index contributed by atoms with van der Waals surface area (Å²) in [6.07, 6.45) is 7.05. The number of amides is 2. The maximum absolute atomic E-state index is 12.5. The summed E-state index contributed by atoms with van der Waals surface area (Å²) in [6, 6.07) is 0.926. The number of anilines is 1. The van der Waals surface area contributed by atoms with Gasteiger partial charge >= 0.3 is 11.7 Å². The number of nitro groups is 1. The fourth-order valence-corrected chi connectivity index (χ4v) is 3.07. The van der Waals surface area contributed by atoms with Gasteiger partial charge < -0.3 is 10.2 Å². The second-order valence-electron chi connectivity index (χ2n) is 5.77. The number of aryl methyl sites for hydroxylation is 1. The minimum atomic E-state index is -0.567. The molecule has 9 nitrogen and oxygen atoms in total. The highest BCUT2D eigenvalue weighted by molar-refractivity contribution is 5.91. The van der Waals surface area contributed by atoms with E-state index in [9.17, 15) is 14.9 Å². The van der Waals surface area contributed by atoms with Crippen LogP contribution in [0.2, 0.25) is 0 Å². The van der Waals surface area contributed by atoms with Crippen molar-refractivity contribution in [3.05, 3.63) is 46.0 Å². The van der Waals surface area contributed by atoms with E-state index in [1.165, 1.54) is 12.3 Å². The van der Waals surface area contributed by atoms with Gasteiger partial charge in [0.15, 0.2) is 0 Å². The van der Waals surface area contributed by atoms with E-state index in [2.05, 4.69) is 15.4 Å². The standard InChI is InChI=1S/C15H18N6O3/c1-19(12-4-3-5-13-10(12)8-17-20(13)2)15(22)18-11-6-7-16-9-14(11)21(23)24/h6-9,12H,3-5H2,1-2H3,(H,16,18,22)/t12-/m0/s1. The summed E-state index contributed by atoms with van der Waals surface area (Å²) in [5.74, 6) is 0. The summed E-state index contributed by atoms with van der Waals surface area (Å²) in [5, 5.41) is 17.9. The molecule has 1 atom stereocenters. The Morgan fingerprint density at radius 1 is 1.50 bits per heavy atom. The number of pyridine rings is 1. The lowest BCUT2D eigenvalue weighted by atomic mass is 9.92. The average Bonchev–Trinajstić information content (AvgIpc) is 2.96. The molecule has 2 amide bonds. The number of nitrogens with zero attached hydrogens (tertiary/aromatic N) is 5. The van der Waals surface area contributed by atoms with Gasteiger partial charge in [0.05, 0.1) is 17.2 Å². The molecular formula is C15H18N6O3. The molecule has 1 N–H and O–H groups in total. The SMILES string of the molecule is CN(C(=O)Nc1ccncc1[N+](=O)[O-])[C@H]1CCCc2c1cnn2C. The van der Waals surface area contributed by atoms with E-state index < -0.39 is 11.0 Å². The molecule has 0 bridgehead atoms. The molecule has 0 aliphatic heterocycles. The van der Waals surface area contributed by atoms with E-state index in [1.54, 1.807) is 18.1 Å². The first-order valence-electron chi connectivity index (χ1n) is 7.62.